The Kier molecular flexibility index (Phi) is 4.74. The number of H-pyrrole nitrogens is 1. The Hall–Kier alpha value is -1.03. The van der Waals surface area contributed by atoms with Crippen molar-refractivity contribution in [3.05, 3.63) is 22.5 Å². The van der Waals surface area contributed by atoms with Crippen molar-refractivity contribution in [2.45, 2.75) is 63.9 Å². The number of ketones is 2. The molecule has 1 fully saturated rings. The highest BCUT2D eigenvalue weighted by atomic mass is 32.2. The number of aromatic amines is 1. The fraction of sp³-hybridized carbons (Fsp3) is 0.625. The highest BCUT2D eigenvalue weighted by molar-refractivity contribution is 8.01. The van der Waals surface area contributed by atoms with Crippen LogP contribution in [0.4, 0.5) is 0 Å². The lowest BCUT2D eigenvalue weighted by Crippen LogP contribution is -2.18. The van der Waals surface area contributed by atoms with Crippen LogP contribution in [0.1, 0.15) is 71.6 Å². The van der Waals surface area contributed by atoms with Gasteiger partial charge in [0.25, 0.3) is 0 Å². The van der Waals surface area contributed by atoms with Crippen molar-refractivity contribution < 1.29 is 9.59 Å². The number of Topliss-reactive ketones (excluding diaryl/α,β-unsaturated/α-hetero) is 2. The Morgan fingerprint density at radius 1 is 1.25 bits per heavy atom. The van der Waals surface area contributed by atoms with E-state index in [1.54, 1.807) is 18.7 Å². The van der Waals surface area contributed by atoms with Gasteiger partial charge in [-0.15, -0.1) is 11.8 Å². The third kappa shape index (κ3) is 3.00. The summed E-state index contributed by atoms with van der Waals surface area (Å²) in [4.78, 5) is 27.3. The number of carbonyl (C=O) groups excluding carboxylic acids is 2. The molecule has 0 bridgehead atoms. The van der Waals surface area contributed by atoms with Gasteiger partial charge < -0.3 is 4.98 Å². The first-order valence-corrected chi connectivity index (χ1v) is 8.25. The lowest BCUT2D eigenvalue weighted by Gasteiger charge is -2.15. The van der Waals surface area contributed by atoms with E-state index in [0.29, 0.717) is 16.5 Å². The number of aromatic nitrogens is 1. The Labute approximate surface area is 124 Å². The minimum absolute atomic E-state index is 0.0198. The summed E-state index contributed by atoms with van der Waals surface area (Å²) in [5.41, 5.74) is 2.90. The molecule has 0 amide bonds. The third-order valence-electron chi connectivity index (χ3n) is 4.10. The zero-order chi connectivity index (χ0) is 14.9. The third-order valence-corrected chi connectivity index (χ3v) is 5.58. The molecule has 0 aliphatic heterocycles. The van der Waals surface area contributed by atoms with Gasteiger partial charge in [-0.25, -0.2) is 0 Å². The largest absolute Gasteiger partial charge is 0.355 e. The van der Waals surface area contributed by atoms with Crippen molar-refractivity contribution in [3.63, 3.8) is 0 Å². The van der Waals surface area contributed by atoms with Crippen LogP contribution in [-0.2, 0) is 0 Å². The lowest BCUT2D eigenvalue weighted by molar-refractivity contribution is 0.0988. The van der Waals surface area contributed by atoms with Crippen LogP contribution in [0.15, 0.2) is 0 Å². The SMILES string of the molecule is CC(=O)c1c(C)[nH]c(C(=O)[C@H](C)SC2CCCC2)c1C. The Morgan fingerprint density at radius 3 is 2.35 bits per heavy atom. The Balaban J connectivity index is 2.16. The molecule has 1 heterocycles. The van der Waals surface area contributed by atoms with Crippen LogP contribution in [0.2, 0.25) is 0 Å². The molecule has 0 saturated heterocycles. The molecule has 0 spiro atoms. The van der Waals surface area contributed by atoms with E-state index >= 15 is 0 Å². The maximum absolute atomic E-state index is 12.6. The van der Waals surface area contributed by atoms with Gasteiger partial charge in [0.05, 0.1) is 10.9 Å². The number of hydrogen-bond donors (Lipinski definition) is 1. The summed E-state index contributed by atoms with van der Waals surface area (Å²) in [7, 11) is 0. The second-order valence-corrected chi connectivity index (χ2v) is 7.38. The number of thioether (sulfide) groups is 1. The van der Waals surface area contributed by atoms with Crippen LogP contribution in [0.5, 0.6) is 0 Å². The van der Waals surface area contributed by atoms with E-state index in [9.17, 15) is 9.59 Å². The van der Waals surface area contributed by atoms with Gasteiger partial charge in [-0.05, 0) is 46.1 Å². The van der Waals surface area contributed by atoms with Crippen LogP contribution < -0.4 is 0 Å². The smallest absolute Gasteiger partial charge is 0.191 e. The maximum atomic E-state index is 12.6. The molecule has 1 N–H and O–H groups in total. The van der Waals surface area contributed by atoms with E-state index in [-0.39, 0.29) is 16.8 Å². The standard InChI is InChI=1S/C16H23NO2S/c1-9-14(11(3)18)10(2)17-15(9)16(19)12(4)20-13-7-5-6-8-13/h12-13,17H,5-8H2,1-4H3/t12-/m0/s1. The lowest BCUT2D eigenvalue weighted by atomic mass is 10.0. The second-order valence-electron chi connectivity index (χ2n) is 5.73. The summed E-state index contributed by atoms with van der Waals surface area (Å²) >= 11 is 1.79. The maximum Gasteiger partial charge on any atom is 0.191 e. The highest BCUT2D eigenvalue weighted by Gasteiger charge is 2.27. The highest BCUT2D eigenvalue weighted by Crippen LogP contribution is 2.33. The first kappa shape index (κ1) is 15.4. The van der Waals surface area contributed by atoms with Crippen molar-refractivity contribution in [3.8, 4) is 0 Å². The van der Waals surface area contributed by atoms with Crippen molar-refractivity contribution >= 4 is 23.3 Å². The predicted molar refractivity (Wildman–Crippen MR) is 83.9 cm³/mol. The number of aryl methyl sites for hydroxylation is 1. The van der Waals surface area contributed by atoms with Gasteiger partial charge in [0.15, 0.2) is 11.6 Å². The van der Waals surface area contributed by atoms with Crippen LogP contribution in [-0.4, -0.2) is 27.1 Å². The average Bonchev–Trinajstić information content (AvgIpc) is 2.96. The molecule has 1 atom stereocenters. The van der Waals surface area contributed by atoms with Crippen LogP contribution in [0.3, 0.4) is 0 Å². The zero-order valence-electron chi connectivity index (χ0n) is 12.7. The summed E-state index contributed by atoms with van der Waals surface area (Å²) < 4.78 is 0. The Bertz CT molecular complexity index is 527. The van der Waals surface area contributed by atoms with Crippen LogP contribution >= 0.6 is 11.8 Å². The van der Waals surface area contributed by atoms with Crippen molar-refractivity contribution in [2.24, 2.45) is 0 Å². The molecule has 0 radical (unpaired) electrons. The first-order valence-electron chi connectivity index (χ1n) is 7.31. The first-order chi connectivity index (χ1) is 9.41. The number of nitrogens with one attached hydrogen (secondary N) is 1. The fourth-order valence-corrected chi connectivity index (χ4v) is 4.53. The topological polar surface area (TPSA) is 49.9 Å². The van der Waals surface area contributed by atoms with Crippen LogP contribution in [0.25, 0.3) is 0 Å². The fourth-order valence-electron chi connectivity index (χ4n) is 3.10. The van der Waals surface area contributed by atoms with Crippen molar-refractivity contribution in [1.29, 1.82) is 0 Å². The molecule has 2 rings (SSSR count). The molecular formula is C16H23NO2S. The number of hydrogen-bond acceptors (Lipinski definition) is 3. The minimum atomic E-state index is -0.0466. The van der Waals surface area contributed by atoms with E-state index in [4.69, 9.17) is 0 Å². The van der Waals surface area contributed by atoms with Gasteiger partial charge in [-0.2, -0.15) is 0 Å². The molecule has 20 heavy (non-hydrogen) atoms. The summed E-state index contributed by atoms with van der Waals surface area (Å²) in [6, 6.07) is 0. The van der Waals surface area contributed by atoms with E-state index in [0.717, 1.165) is 11.3 Å². The van der Waals surface area contributed by atoms with E-state index in [1.807, 2.05) is 20.8 Å². The zero-order valence-corrected chi connectivity index (χ0v) is 13.5. The van der Waals surface area contributed by atoms with Gasteiger partial charge in [-0.1, -0.05) is 12.8 Å². The molecular weight excluding hydrogens is 270 g/mol. The molecule has 1 aromatic rings. The number of carbonyl (C=O) groups is 2. The van der Waals surface area contributed by atoms with E-state index < -0.39 is 0 Å². The normalized spacial score (nSPS) is 17.4. The molecule has 110 valence electrons. The predicted octanol–water partition coefficient (Wildman–Crippen LogP) is 4.08. The molecule has 1 aromatic heterocycles. The summed E-state index contributed by atoms with van der Waals surface area (Å²) in [5.74, 6) is 0.140. The number of rotatable bonds is 5. The molecule has 4 heteroatoms. The van der Waals surface area contributed by atoms with Crippen molar-refractivity contribution in [2.75, 3.05) is 0 Å². The summed E-state index contributed by atoms with van der Waals surface area (Å²) in [5, 5.41) is 0.576. The Morgan fingerprint density at radius 2 is 1.85 bits per heavy atom. The summed E-state index contributed by atoms with van der Waals surface area (Å²) in [6.45, 7) is 7.25. The molecule has 0 aromatic carbocycles. The van der Waals surface area contributed by atoms with E-state index in [2.05, 4.69) is 4.98 Å². The molecule has 1 aliphatic rings. The quantitative estimate of drug-likeness (QED) is 0.832. The second kappa shape index (κ2) is 6.17. The minimum Gasteiger partial charge on any atom is -0.355 e. The van der Waals surface area contributed by atoms with Gasteiger partial charge in [0.1, 0.15) is 0 Å². The summed E-state index contributed by atoms with van der Waals surface area (Å²) in [6.07, 6.45) is 5.02. The monoisotopic (exact) mass is 293 g/mol. The average molecular weight is 293 g/mol. The molecule has 1 aliphatic carbocycles. The van der Waals surface area contributed by atoms with Gasteiger partial charge in [0.2, 0.25) is 0 Å². The van der Waals surface area contributed by atoms with Gasteiger partial charge in [-0.3, -0.25) is 9.59 Å². The molecule has 3 nitrogen and oxygen atoms in total. The van der Waals surface area contributed by atoms with Crippen molar-refractivity contribution in [1.82, 2.24) is 4.98 Å². The van der Waals surface area contributed by atoms with Gasteiger partial charge in [0, 0.05) is 16.5 Å². The van der Waals surface area contributed by atoms with E-state index in [1.165, 1.54) is 25.7 Å². The molecule has 0 unspecified atom stereocenters. The van der Waals surface area contributed by atoms with Gasteiger partial charge >= 0.3 is 0 Å². The van der Waals surface area contributed by atoms with Crippen LogP contribution in [0, 0.1) is 13.8 Å². The molecule has 1 saturated carbocycles.